The summed E-state index contributed by atoms with van der Waals surface area (Å²) in [6.07, 6.45) is 3.60. The number of rotatable bonds is 2. The molecule has 2 aromatic heterocycles. The molecule has 6 rings (SSSR count). The van der Waals surface area contributed by atoms with Gasteiger partial charge in [-0.15, -0.1) is 0 Å². The van der Waals surface area contributed by atoms with E-state index in [0.717, 1.165) is 33.9 Å². The second-order valence-electron chi connectivity index (χ2n) is 7.57. The van der Waals surface area contributed by atoms with Crippen LogP contribution >= 0.6 is 0 Å². The van der Waals surface area contributed by atoms with Crippen molar-refractivity contribution in [3.8, 4) is 0 Å². The fourth-order valence-corrected chi connectivity index (χ4v) is 4.07. The molecule has 0 aliphatic carbocycles. The lowest BCUT2D eigenvalue weighted by Gasteiger charge is -2.17. The van der Waals surface area contributed by atoms with Crippen LogP contribution in [0.4, 0.5) is 0 Å². The van der Waals surface area contributed by atoms with E-state index in [1.54, 1.807) is 12.4 Å². The van der Waals surface area contributed by atoms with Gasteiger partial charge >= 0.3 is 23.9 Å². The van der Waals surface area contributed by atoms with Crippen molar-refractivity contribution in [3.63, 3.8) is 0 Å². The van der Waals surface area contributed by atoms with Crippen molar-refractivity contribution < 1.29 is 34.1 Å². The monoisotopic (exact) mass is 466 g/mol. The van der Waals surface area contributed by atoms with Crippen molar-refractivity contribution in [2.75, 3.05) is 0 Å². The van der Waals surface area contributed by atoms with Gasteiger partial charge in [0.25, 0.3) is 0 Å². The molecule has 3 heterocycles. The summed E-state index contributed by atoms with van der Waals surface area (Å²) in [4.78, 5) is 54.7. The number of carbonyl (C=O) groups excluding carboxylic acids is 2. The van der Waals surface area contributed by atoms with Crippen LogP contribution in [0.15, 0.2) is 73.1 Å². The third-order valence-corrected chi connectivity index (χ3v) is 5.59. The maximum atomic E-state index is 11.7. The number of ether oxygens (including phenoxy) is 1. The van der Waals surface area contributed by atoms with E-state index in [9.17, 15) is 29.4 Å². The van der Waals surface area contributed by atoms with Crippen LogP contribution in [0, 0.1) is 0 Å². The van der Waals surface area contributed by atoms with Crippen LogP contribution in [0.3, 0.4) is 0 Å². The molecule has 0 saturated carbocycles. The lowest BCUT2D eigenvalue weighted by molar-refractivity contribution is 0.0389. The number of benzene rings is 3. The molecule has 170 valence electrons. The number of carboxylic acid groups (broad SMARTS) is 2. The van der Waals surface area contributed by atoms with Gasteiger partial charge < -0.3 is 14.9 Å². The van der Waals surface area contributed by atoms with Gasteiger partial charge in [0, 0.05) is 33.9 Å². The quantitative estimate of drug-likeness (QED) is 0.221. The molecule has 0 fully saturated rings. The van der Waals surface area contributed by atoms with Crippen LogP contribution in [0.5, 0.6) is 0 Å². The molecule has 5 aromatic rings. The first-order valence-electron chi connectivity index (χ1n) is 10.3. The molecule has 1 aliphatic rings. The number of aromatic carboxylic acids is 2. The van der Waals surface area contributed by atoms with Crippen LogP contribution in [0.25, 0.3) is 32.6 Å². The maximum Gasteiger partial charge on any atom is 0.346 e. The highest BCUT2D eigenvalue weighted by Crippen LogP contribution is 2.33. The van der Waals surface area contributed by atoms with Gasteiger partial charge in [0.15, 0.2) is 0 Å². The largest absolute Gasteiger partial charge is 0.478 e. The number of hydrogen-bond acceptors (Lipinski definition) is 7. The van der Waals surface area contributed by atoms with Crippen LogP contribution in [0.1, 0.15) is 41.4 Å². The summed E-state index contributed by atoms with van der Waals surface area (Å²) in [7, 11) is 0. The minimum atomic E-state index is -1.35. The van der Waals surface area contributed by atoms with Crippen LogP contribution < -0.4 is 0 Å². The normalized spacial score (nSPS) is 12.2. The number of fused-ring (bicyclic) bond motifs is 3. The first kappa shape index (κ1) is 21.7. The number of carbonyl (C=O) groups is 4. The molecule has 0 radical (unpaired) electrons. The molecular weight excluding hydrogens is 452 g/mol. The number of pyridine rings is 2. The van der Waals surface area contributed by atoms with Gasteiger partial charge in [-0.25, -0.2) is 19.2 Å². The molecule has 9 heteroatoms. The first-order valence-corrected chi connectivity index (χ1v) is 10.3. The molecule has 9 nitrogen and oxygen atoms in total. The maximum absolute atomic E-state index is 11.7. The summed E-state index contributed by atoms with van der Waals surface area (Å²) < 4.78 is 4.53. The Hall–Kier alpha value is -5.18. The molecular formula is C26H14N2O7. The van der Waals surface area contributed by atoms with Gasteiger partial charge in [0.05, 0.1) is 33.3 Å². The van der Waals surface area contributed by atoms with Crippen molar-refractivity contribution in [1.82, 2.24) is 9.97 Å². The van der Waals surface area contributed by atoms with Crippen LogP contribution in [-0.4, -0.2) is 44.1 Å². The number of esters is 2. The van der Waals surface area contributed by atoms with Gasteiger partial charge in [0.1, 0.15) is 0 Å². The van der Waals surface area contributed by atoms with Crippen molar-refractivity contribution >= 4 is 56.5 Å². The standard InChI is InChI=1S/C14H6O7.C12H8N2/c15-11(16)5-1-3-7-10-8(14(20)21-13(7)19)4-2-6(9(5)10)12(17)18;1-3-9-5-6-10-4-2-8-14-12(10)11(9)13-7-1/h1-4H,(H,15,16)(H,17,18);1-8H. The third kappa shape index (κ3) is 3.61. The first-order chi connectivity index (χ1) is 16.9. The Morgan fingerprint density at radius 2 is 1.09 bits per heavy atom. The number of hydrogen-bond donors (Lipinski definition) is 2. The van der Waals surface area contributed by atoms with Gasteiger partial charge in [-0.1, -0.05) is 24.3 Å². The Morgan fingerprint density at radius 3 is 1.51 bits per heavy atom. The summed E-state index contributed by atoms with van der Waals surface area (Å²) in [6, 6.07) is 16.8. The van der Waals surface area contributed by atoms with Gasteiger partial charge in [-0.2, -0.15) is 0 Å². The van der Waals surface area contributed by atoms with Crippen LogP contribution in [0.2, 0.25) is 0 Å². The predicted molar refractivity (Wildman–Crippen MR) is 125 cm³/mol. The minimum absolute atomic E-state index is 0.00366. The third-order valence-electron chi connectivity index (χ3n) is 5.59. The highest BCUT2D eigenvalue weighted by molar-refractivity contribution is 6.26. The van der Waals surface area contributed by atoms with Gasteiger partial charge in [-0.05, 0) is 36.4 Å². The Labute approximate surface area is 196 Å². The SMILES string of the molecule is O=C(O)c1ccc2c3c(ccc(C(=O)O)c13)C(=O)OC2=O.c1cnc2c(c1)ccc1cccnc12. The molecule has 0 amide bonds. The second-order valence-corrected chi connectivity index (χ2v) is 7.57. The zero-order valence-corrected chi connectivity index (χ0v) is 17.8. The van der Waals surface area contributed by atoms with Crippen molar-refractivity contribution in [1.29, 1.82) is 0 Å². The van der Waals surface area contributed by atoms with E-state index >= 15 is 0 Å². The molecule has 35 heavy (non-hydrogen) atoms. The molecule has 2 N–H and O–H groups in total. The molecule has 0 atom stereocenters. The summed E-state index contributed by atoms with van der Waals surface area (Å²) >= 11 is 0. The summed E-state index contributed by atoms with van der Waals surface area (Å²) in [5.41, 5.74) is 1.29. The summed E-state index contributed by atoms with van der Waals surface area (Å²) in [6.45, 7) is 0. The fraction of sp³-hybridized carbons (Fsp3) is 0. The number of cyclic esters (lactones) is 2. The molecule has 0 spiro atoms. The van der Waals surface area contributed by atoms with Crippen molar-refractivity contribution in [3.05, 3.63) is 95.3 Å². The fourth-order valence-electron chi connectivity index (χ4n) is 4.07. The van der Waals surface area contributed by atoms with E-state index in [1.165, 1.54) is 12.1 Å². The Kier molecular flexibility index (Phi) is 5.14. The zero-order valence-electron chi connectivity index (χ0n) is 17.8. The van der Waals surface area contributed by atoms with Gasteiger partial charge in [0.2, 0.25) is 0 Å². The van der Waals surface area contributed by atoms with Crippen molar-refractivity contribution in [2.45, 2.75) is 0 Å². The topological polar surface area (TPSA) is 144 Å². The van der Waals surface area contributed by atoms with Crippen molar-refractivity contribution in [2.24, 2.45) is 0 Å². The van der Waals surface area contributed by atoms with E-state index in [4.69, 9.17) is 0 Å². The van der Waals surface area contributed by atoms with E-state index in [-0.39, 0.29) is 33.0 Å². The molecule has 0 bridgehead atoms. The predicted octanol–water partition coefficient (Wildman–Crippen LogP) is 4.33. The van der Waals surface area contributed by atoms with Crippen LogP contribution in [-0.2, 0) is 4.74 Å². The molecule has 0 unspecified atom stereocenters. The lowest BCUT2D eigenvalue weighted by atomic mass is 9.90. The van der Waals surface area contributed by atoms with E-state index in [2.05, 4.69) is 39.0 Å². The Balaban J connectivity index is 0.000000156. The summed E-state index contributed by atoms with van der Waals surface area (Å²) in [5.74, 6) is -4.57. The average molecular weight is 466 g/mol. The summed E-state index contributed by atoms with van der Waals surface area (Å²) in [5, 5.41) is 20.5. The minimum Gasteiger partial charge on any atom is -0.478 e. The second kappa shape index (κ2) is 8.31. The molecule has 3 aromatic carbocycles. The average Bonchev–Trinajstić information content (AvgIpc) is 2.86. The number of carboxylic acids is 2. The van der Waals surface area contributed by atoms with Gasteiger partial charge in [-0.3, -0.25) is 9.97 Å². The number of aromatic nitrogens is 2. The smallest absolute Gasteiger partial charge is 0.346 e. The molecule has 0 saturated heterocycles. The van der Waals surface area contributed by atoms with E-state index < -0.39 is 23.9 Å². The van der Waals surface area contributed by atoms with E-state index in [1.807, 2.05) is 12.1 Å². The highest BCUT2D eigenvalue weighted by atomic mass is 16.6. The van der Waals surface area contributed by atoms with E-state index in [0.29, 0.717) is 0 Å². The Bertz CT molecular complexity index is 1600. The number of nitrogens with zero attached hydrogens (tertiary/aromatic N) is 2. The highest BCUT2D eigenvalue weighted by Gasteiger charge is 2.31. The lowest BCUT2D eigenvalue weighted by Crippen LogP contribution is -2.21. The molecule has 1 aliphatic heterocycles. The Morgan fingerprint density at radius 1 is 0.629 bits per heavy atom. The zero-order chi connectivity index (χ0) is 24.7.